The van der Waals surface area contributed by atoms with Crippen molar-refractivity contribution in [3.63, 3.8) is 0 Å². The van der Waals surface area contributed by atoms with Gasteiger partial charge in [0.1, 0.15) is 0 Å². The van der Waals surface area contributed by atoms with Crippen molar-refractivity contribution in [2.45, 2.75) is 32.5 Å². The van der Waals surface area contributed by atoms with E-state index in [1.807, 2.05) is 0 Å². The number of rotatable bonds is 1. The third-order valence-electron chi connectivity index (χ3n) is 2.05. The largest absolute Gasteiger partial charge is 0.394 e. The predicted molar refractivity (Wildman–Crippen MR) is 35.2 cm³/mol. The molecule has 0 aromatic carbocycles. The highest BCUT2D eigenvalue weighted by Gasteiger charge is 2.27. The summed E-state index contributed by atoms with van der Waals surface area (Å²) in [6.45, 7) is 4.38. The Kier molecular flexibility index (Phi) is 2.09. The maximum absolute atomic E-state index is 8.68. The minimum Gasteiger partial charge on any atom is -0.394 e. The van der Waals surface area contributed by atoms with Gasteiger partial charge in [-0.2, -0.15) is 0 Å². The van der Waals surface area contributed by atoms with Crippen molar-refractivity contribution in [3.05, 3.63) is 0 Å². The van der Waals surface area contributed by atoms with E-state index < -0.39 is 0 Å². The van der Waals surface area contributed by atoms with Gasteiger partial charge in [-0.05, 0) is 19.3 Å². The molecule has 0 saturated carbocycles. The summed E-state index contributed by atoms with van der Waals surface area (Å²) >= 11 is 0. The Morgan fingerprint density at radius 3 is 2.44 bits per heavy atom. The van der Waals surface area contributed by atoms with E-state index >= 15 is 0 Å². The SMILES string of the molecule is CC1OC(CO)C[C@@H]1C. The molecule has 1 saturated heterocycles. The van der Waals surface area contributed by atoms with Crippen LogP contribution in [-0.4, -0.2) is 23.9 Å². The normalized spacial score (nSPS) is 43.7. The van der Waals surface area contributed by atoms with Gasteiger partial charge in [-0.15, -0.1) is 0 Å². The highest BCUT2D eigenvalue weighted by atomic mass is 16.5. The molecule has 0 radical (unpaired) electrons. The molecule has 0 spiro atoms. The van der Waals surface area contributed by atoms with Gasteiger partial charge in [0.15, 0.2) is 0 Å². The Balaban J connectivity index is 2.35. The molecule has 0 aromatic rings. The van der Waals surface area contributed by atoms with Crippen molar-refractivity contribution >= 4 is 0 Å². The van der Waals surface area contributed by atoms with Crippen molar-refractivity contribution in [1.82, 2.24) is 0 Å². The second-order valence-electron chi connectivity index (χ2n) is 2.86. The Morgan fingerprint density at radius 1 is 1.56 bits per heavy atom. The Morgan fingerprint density at radius 2 is 2.22 bits per heavy atom. The van der Waals surface area contributed by atoms with Crippen LogP contribution in [0.15, 0.2) is 0 Å². The number of aliphatic hydroxyl groups is 1. The van der Waals surface area contributed by atoms with Gasteiger partial charge >= 0.3 is 0 Å². The van der Waals surface area contributed by atoms with Crippen molar-refractivity contribution < 1.29 is 9.84 Å². The highest BCUT2D eigenvalue weighted by molar-refractivity contribution is 4.75. The average Bonchev–Trinajstić information content (AvgIpc) is 2.13. The summed E-state index contributed by atoms with van der Waals surface area (Å²) in [6, 6.07) is 0. The lowest BCUT2D eigenvalue weighted by Crippen LogP contribution is -2.12. The number of hydrogen-bond donors (Lipinski definition) is 1. The summed E-state index contributed by atoms with van der Waals surface area (Å²) in [7, 11) is 0. The van der Waals surface area contributed by atoms with E-state index in [1.165, 1.54) is 0 Å². The lowest BCUT2D eigenvalue weighted by Gasteiger charge is -2.06. The van der Waals surface area contributed by atoms with Gasteiger partial charge in [-0.3, -0.25) is 0 Å². The van der Waals surface area contributed by atoms with E-state index in [0.717, 1.165) is 6.42 Å². The fourth-order valence-corrected chi connectivity index (χ4v) is 1.22. The predicted octanol–water partition coefficient (Wildman–Crippen LogP) is 0.792. The minimum atomic E-state index is 0.106. The summed E-state index contributed by atoms with van der Waals surface area (Å²) in [5.74, 6) is 0.613. The molecule has 1 aliphatic heterocycles. The second kappa shape index (κ2) is 2.67. The Bertz CT molecular complexity index is 82.9. The first-order chi connectivity index (χ1) is 4.24. The first-order valence-corrected chi connectivity index (χ1v) is 3.50. The average molecular weight is 130 g/mol. The Hall–Kier alpha value is -0.0800. The molecule has 54 valence electrons. The highest BCUT2D eigenvalue weighted by Crippen LogP contribution is 2.24. The molecule has 0 bridgehead atoms. The standard InChI is InChI=1S/C7H14O2/c1-5-3-7(4-8)9-6(5)2/h5-8H,3-4H2,1-2H3/t5-,6?,7?/m0/s1. The topological polar surface area (TPSA) is 29.5 Å². The van der Waals surface area contributed by atoms with Crippen LogP contribution >= 0.6 is 0 Å². The van der Waals surface area contributed by atoms with Crippen LogP contribution in [0.1, 0.15) is 20.3 Å². The van der Waals surface area contributed by atoms with Crippen LogP contribution in [0, 0.1) is 5.92 Å². The van der Waals surface area contributed by atoms with Crippen LogP contribution in [-0.2, 0) is 4.74 Å². The smallest absolute Gasteiger partial charge is 0.0813 e. The lowest BCUT2D eigenvalue weighted by molar-refractivity contribution is 0.0150. The van der Waals surface area contributed by atoms with Crippen LogP contribution in [0.5, 0.6) is 0 Å². The van der Waals surface area contributed by atoms with Gasteiger partial charge in [0.25, 0.3) is 0 Å². The first kappa shape index (κ1) is 7.03. The van der Waals surface area contributed by atoms with Crippen molar-refractivity contribution in [3.8, 4) is 0 Å². The zero-order chi connectivity index (χ0) is 6.85. The van der Waals surface area contributed by atoms with E-state index in [-0.39, 0.29) is 12.7 Å². The van der Waals surface area contributed by atoms with Crippen LogP contribution in [0.2, 0.25) is 0 Å². The summed E-state index contributed by atoms with van der Waals surface area (Å²) in [4.78, 5) is 0. The van der Waals surface area contributed by atoms with E-state index in [4.69, 9.17) is 9.84 Å². The summed E-state index contributed by atoms with van der Waals surface area (Å²) < 4.78 is 5.37. The molecular weight excluding hydrogens is 116 g/mol. The van der Waals surface area contributed by atoms with Gasteiger partial charge in [-0.25, -0.2) is 0 Å². The molecule has 2 heteroatoms. The van der Waals surface area contributed by atoms with E-state index in [1.54, 1.807) is 0 Å². The van der Waals surface area contributed by atoms with Gasteiger partial charge in [-0.1, -0.05) is 6.92 Å². The molecule has 1 heterocycles. The third kappa shape index (κ3) is 1.43. The molecule has 3 atom stereocenters. The number of ether oxygens (including phenoxy) is 1. The first-order valence-electron chi connectivity index (χ1n) is 3.50. The van der Waals surface area contributed by atoms with Crippen LogP contribution < -0.4 is 0 Å². The van der Waals surface area contributed by atoms with Gasteiger partial charge in [0, 0.05) is 0 Å². The molecule has 9 heavy (non-hydrogen) atoms. The maximum Gasteiger partial charge on any atom is 0.0813 e. The molecule has 1 rings (SSSR count). The van der Waals surface area contributed by atoms with Crippen molar-refractivity contribution in [1.29, 1.82) is 0 Å². The quantitative estimate of drug-likeness (QED) is 0.568. The zero-order valence-corrected chi connectivity index (χ0v) is 6.00. The zero-order valence-electron chi connectivity index (χ0n) is 6.00. The van der Waals surface area contributed by atoms with Gasteiger partial charge < -0.3 is 9.84 Å². The third-order valence-corrected chi connectivity index (χ3v) is 2.05. The molecule has 1 N–H and O–H groups in total. The van der Waals surface area contributed by atoms with Crippen LogP contribution in [0.3, 0.4) is 0 Å². The molecule has 1 fully saturated rings. The minimum absolute atomic E-state index is 0.106. The monoisotopic (exact) mass is 130 g/mol. The van der Waals surface area contributed by atoms with Crippen LogP contribution in [0.25, 0.3) is 0 Å². The van der Waals surface area contributed by atoms with E-state index in [9.17, 15) is 0 Å². The number of hydrogen-bond acceptors (Lipinski definition) is 2. The van der Waals surface area contributed by atoms with Gasteiger partial charge in [0.2, 0.25) is 0 Å². The molecular formula is C7H14O2. The summed E-state index contributed by atoms with van der Waals surface area (Å²) in [5.41, 5.74) is 0. The van der Waals surface area contributed by atoms with E-state index in [0.29, 0.717) is 12.0 Å². The fourth-order valence-electron chi connectivity index (χ4n) is 1.22. The van der Waals surface area contributed by atoms with Crippen molar-refractivity contribution in [2.24, 2.45) is 5.92 Å². The molecule has 0 amide bonds. The fraction of sp³-hybridized carbons (Fsp3) is 1.00. The molecule has 0 aromatic heterocycles. The second-order valence-corrected chi connectivity index (χ2v) is 2.86. The molecule has 1 aliphatic rings. The van der Waals surface area contributed by atoms with Crippen molar-refractivity contribution in [2.75, 3.05) is 6.61 Å². The van der Waals surface area contributed by atoms with E-state index in [2.05, 4.69) is 13.8 Å². The maximum atomic E-state index is 8.68. The molecule has 2 unspecified atom stereocenters. The van der Waals surface area contributed by atoms with Crippen LogP contribution in [0.4, 0.5) is 0 Å². The number of aliphatic hydroxyl groups excluding tert-OH is 1. The Labute approximate surface area is 55.8 Å². The molecule has 2 nitrogen and oxygen atoms in total. The lowest BCUT2D eigenvalue weighted by atomic mass is 10.0. The molecule has 0 aliphatic carbocycles. The summed E-state index contributed by atoms with van der Waals surface area (Å²) in [6.07, 6.45) is 1.45. The summed E-state index contributed by atoms with van der Waals surface area (Å²) in [5, 5.41) is 8.68. The van der Waals surface area contributed by atoms with Gasteiger partial charge in [0.05, 0.1) is 18.8 Å².